The number of hydrogen-bond acceptors (Lipinski definition) is 5. The summed E-state index contributed by atoms with van der Waals surface area (Å²) in [5, 5.41) is 0. The second kappa shape index (κ2) is 5.79. The first kappa shape index (κ1) is 15.4. The van der Waals surface area contributed by atoms with E-state index < -0.39 is 5.60 Å². The van der Waals surface area contributed by atoms with Gasteiger partial charge < -0.3 is 20.3 Å². The van der Waals surface area contributed by atoms with Gasteiger partial charge in [-0.15, -0.1) is 0 Å². The summed E-state index contributed by atoms with van der Waals surface area (Å²) >= 11 is 0. The lowest BCUT2D eigenvalue weighted by Crippen LogP contribution is -2.50. The van der Waals surface area contributed by atoms with E-state index in [4.69, 9.17) is 10.5 Å². The summed E-state index contributed by atoms with van der Waals surface area (Å²) in [7, 11) is 0. The molecule has 1 aliphatic rings. The molecule has 1 saturated heterocycles. The zero-order chi connectivity index (χ0) is 15.6. The highest BCUT2D eigenvalue weighted by Crippen LogP contribution is 2.21. The smallest absolute Gasteiger partial charge is 0.410 e. The maximum atomic E-state index is 12.0. The number of carbonyl (C=O) groups is 1. The number of aryl methyl sites for hydroxylation is 1. The van der Waals surface area contributed by atoms with E-state index in [0.717, 1.165) is 24.5 Å². The first-order chi connectivity index (χ1) is 9.76. The fourth-order valence-corrected chi connectivity index (χ4v) is 2.35. The Morgan fingerprint density at radius 1 is 1.29 bits per heavy atom. The molecule has 0 bridgehead atoms. The Bertz CT molecular complexity index is 517. The molecule has 1 aromatic rings. The van der Waals surface area contributed by atoms with Crippen LogP contribution in [-0.2, 0) is 4.74 Å². The number of pyridine rings is 1. The van der Waals surface area contributed by atoms with Crippen LogP contribution < -0.4 is 10.6 Å². The Kier molecular flexibility index (Phi) is 4.25. The predicted molar refractivity (Wildman–Crippen MR) is 83.4 cm³/mol. The third-order valence-electron chi connectivity index (χ3n) is 3.30. The number of carbonyl (C=O) groups excluding carboxylic acids is 1. The maximum Gasteiger partial charge on any atom is 0.410 e. The topological polar surface area (TPSA) is 71.7 Å². The lowest BCUT2D eigenvalue weighted by molar-refractivity contribution is 0.0240. The third kappa shape index (κ3) is 4.00. The molecule has 0 aliphatic carbocycles. The quantitative estimate of drug-likeness (QED) is 0.857. The minimum atomic E-state index is -0.455. The van der Waals surface area contributed by atoms with Gasteiger partial charge in [0.05, 0.1) is 11.9 Å². The van der Waals surface area contributed by atoms with Crippen molar-refractivity contribution in [3.63, 3.8) is 0 Å². The largest absolute Gasteiger partial charge is 0.444 e. The van der Waals surface area contributed by atoms with E-state index in [1.165, 1.54) is 0 Å². The fourth-order valence-electron chi connectivity index (χ4n) is 2.35. The molecule has 6 heteroatoms. The van der Waals surface area contributed by atoms with Crippen LogP contribution in [0.15, 0.2) is 12.3 Å². The SMILES string of the molecule is Cc1cc(N)cnc1N1CCN(C(=O)OC(C)(C)C)CC1. The summed E-state index contributed by atoms with van der Waals surface area (Å²) in [6.07, 6.45) is 1.42. The Labute approximate surface area is 125 Å². The highest BCUT2D eigenvalue weighted by molar-refractivity contribution is 5.68. The number of anilines is 2. The summed E-state index contributed by atoms with van der Waals surface area (Å²) in [5.41, 5.74) is 7.00. The van der Waals surface area contributed by atoms with Gasteiger partial charge in [-0.3, -0.25) is 0 Å². The number of rotatable bonds is 1. The van der Waals surface area contributed by atoms with Crippen molar-refractivity contribution >= 4 is 17.6 Å². The summed E-state index contributed by atoms with van der Waals surface area (Å²) in [6.45, 7) is 10.4. The van der Waals surface area contributed by atoms with Crippen LogP contribution in [0.4, 0.5) is 16.3 Å². The fraction of sp³-hybridized carbons (Fsp3) is 0.600. The van der Waals surface area contributed by atoms with Gasteiger partial charge in [-0.05, 0) is 39.3 Å². The van der Waals surface area contributed by atoms with E-state index in [0.29, 0.717) is 18.8 Å². The summed E-state index contributed by atoms with van der Waals surface area (Å²) in [6, 6.07) is 1.92. The number of ether oxygens (including phenoxy) is 1. The van der Waals surface area contributed by atoms with Gasteiger partial charge in [0.15, 0.2) is 0 Å². The molecule has 2 rings (SSSR count). The molecule has 1 fully saturated rings. The van der Waals surface area contributed by atoms with Gasteiger partial charge in [0.25, 0.3) is 0 Å². The Balaban J connectivity index is 1.95. The van der Waals surface area contributed by atoms with Crippen LogP contribution in [0.3, 0.4) is 0 Å². The van der Waals surface area contributed by atoms with E-state index in [-0.39, 0.29) is 6.09 Å². The van der Waals surface area contributed by atoms with Gasteiger partial charge >= 0.3 is 6.09 Å². The zero-order valence-electron chi connectivity index (χ0n) is 13.2. The van der Waals surface area contributed by atoms with Crippen molar-refractivity contribution in [1.29, 1.82) is 0 Å². The van der Waals surface area contributed by atoms with E-state index in [9.17, 15) is 4.79 Å². The normalized spacial score (nSPS) is 16.0. The monoisotopic (exact) mass is 292 g/mol. The predicted octanol–water partition coefficient (Wildman–Crippen LogP) is 2.03. The van der Waals surface area contributed by atoms with Crippen molar-refractivity contribution in [2.24, 2.45) is 0 Å². The zero-order valence-corrected chi connectivity index (χ0v) is 13.2. The molecule has 1 aromatic heterocycles. The van der Waals surface area contributed by atoms with E-state index in [1.54, 1.807) is 11.1 Å². The molecule has 0 atom stereocenters. The number of nitrogens with two attached hydrogens (primary N) is 1. The van der Waals surface area contributed by atoms with E-state index in [2.05, 4.69) is 9.88 Å². The van der Waals surface area contributed by atoms with Gasteiger partial charge in [-0.2, -0.15) is 0 Å². The molecule has 0 radical (unpaired) electrons. The standard InChI is InChI=1S/C15H24N4O2/c1-11-9-12(16)10-17-13(11)18-5-7-19(8-6-18)14(20)21-15(2,3)4/h9-10H,5-8,16H2,1-4H3. The van der Waals surface area contributed by atoms with Crippen molar-refractivity contribution in [2.45, 2.75) is 33.3 Å². The molecule has 2 heterocycles. The Hall–Kier alpha value is -1.98. The highest BCUT2D eigenvalue weighted by atomic mass is 16.6. The number of nitrogens with zero attached hydrogens (tertiary/aromatic N) is 3. The van der Waals surface area contributed by atoms with Crippen LogP contribution in [0.2, 0.25) is 0 Å². The van der Waals surface area contributed by atoms with Gasteiger partial charge in [0, 0.05) is 26.2 Å². The van der Waals surface area contributed by atoms with Gasteiger partial charge in [0.2, 0.25) is 0 Å². The number of hydrogen-bond donors (Lipinski definition) is 1. The van der Waals surface area contributed by atoms with Crippen LogP contribution in [-0.4, -0.2) is 47.8 Å². The van der Waals surface area contributed by atoms with Gasteiger partial charge in [0.1, 0.15) is 11.4 Å². The van der Waals surface area contributed by atoms with Crippen molar-refractivity contribution in [2.75, 3.05) is 36.8 Å². The van der Waals surface area contributed by atoms with Gasteiger partial charge in [-0.1, -0.05) is 0 Å². The Morgan fingerprint density at radius 3 is 2.43 bits per heavy atom. The van der Waals surface area contributed by atoms with Crippen LogP contribution in [0.1, 0.15) is 26.3 Å². The maximum absolute atomic E-state index is 12.0. The second-order valence-electron chi connectivity index (χ2n) is 6.36. The lowest BCUT2D eigenvalue weighted by atomic mass is 10.2. The molecule has 116 valence electrons. The number of amides is 1. The summed E-state index contributed by atoms with van der Waals surface area (Å²) in [5.74, 6) is 0.938. The molecule has 0 saturated carbocycles. The first-order valence-electron chi connectivity index (χ1n) is 7.21. The lowest BCUT2D eigenvalue weighted by Gasteiger charge is -2.36. The average Bonchev–Trinajstić information content (AvgIpc) is 2.37. The molecule has 21 heavy (non-hydrogen) atoms. The molecule has 0 aromatic carbocycles. The number of nitrogen functional groups attached to an aromatic ring is 1. The minimum absolute atomic E-state index is 0.246. The first-order valence-corrected chi connectivity index (χ1v) is 7.21. The van der Waals surface area contributed by atoms with Crippen molar-refractivity contribution < 1.29 is 9.53 Å². The molecular weight excluding hydrogens is 268 g/mol. The van der Waals surface area contributed by atoms with Crippen LogP contribution >= 0.6 is 0 Å². The molecule has 1 aliphatic heterocycles. The van der Waals surface area contributed by atoms with Crippen molar-refractivity contribution in [1.82, 2.24) is 9.88 Å². The second-order valence-corrected chi connectivity index (χ2v) is 6.36. The van der Waals surface area contributed by atoms with Crippen molar-refractivity contribution in [3.05, 3.63) is 17.8 Å². The van der Waals surface area contributed by atoms with Crippen LogP contribution in [0, 0.1) is 6.92 Å². The molecule has 0 spiro atoms. The molecule has 2 N–H and O–H groups in total. The number of piperazine rings is 1. The van der Waals surface area contributed by atoms with E-state index >= 15 is 0 Å². The third-order valence-corrected chi connectivity index (χ3v) is 3.30. The Morgan fingerprint density at radius 2 is 1.90 bits per heavy atom. The van der Waals surface area contributed by atoms with E-state index in [1.807, 2.05) is 33.8 Å². The molecule has 0 unspecified atom stereocenters. The van der Waals surface area contributed by atoms with Gasteiger partial charge in [-0.25, -0.2) is 9.78 Å². The molecular formula is C15H24N4O2. The molecule has 6 nitrogen and oxygen atoms in total. The summed E-state index contributed by atoms with van der Waals surface area (Å²) < 4.78 is 5.39. The van der Waals surface area contributed by atoms with Crippen molar-refractivity contribution in [3.8, 4) is 0 Å². The summed E-state index contributed by atoms with van der Waals surface area (Å²) in [4.78, 5) is 20.3. The number of aromatic nitrogens is 1. The molecule has 1 amide bonds. The minimum Gasteiger partial charge on any atom is -0.444 e. The highest BCUT2D eigenvalue weighted by Gasteiger charge is 2.26. The van der Waals surface area contributed by atoms with Crippen LogP contribution in [0.5, 0.6) is 0 Å². The average molecular weight is 292 g/mol. The van der Waals surface area contributed by atoms with Crippen LogP contribution in [0.25, 0.3) is 0 Å².